The van der Waals surface area contributed by atoms with Crippen LogP contribution in [0.5, 0.6) is 0 Å². The first kappa shape index (κ1) is 15.0. The summed E-state index contributed by atoms with van der Waals surface area (Å²) in [5.74, 6) is 0. The lowest BCUT2D eigenvalue weighted by molar-refractivity contribution is -0.934. The fraction of sp³-hybridized carbons (Fsp3) is 1.00. The number of nitrogens with zero attached hydrogens (tertiary/aromatic N) is 1. The van der Waals surface area contributed by atoms with Crippen molar-refractivity contribution in [3.8, 4) is 0 Å². The fourth-order valence-electron chi connectivity index (χ4n) is 2.93. The maximum absolute atomic E-state index is 2.48. The Morgan fingerprint density at radius 2 is 1.13 bits per heavy atom. The fourth-order valence-corrected chi connectivity index (χ4v) is 2.93. The van der Waals surface area contributed by atoms with Gasteiger partial charge in [0.15, 0.2) is 0 Å². The predicted molar refractivity (Wildman–Crippen MR) is 70.1 cm³/mol. The quantitative estimate of drug-likeness (QED) is 0.504. The molecule has 0 aliphatic heterocycles. The van der Waals surface area contributed by atoms with Crippen LogP contribution in [0.1, 0.15) is 66.2 Å². The summed E-state index contributed by atoms with van der Waals surface area (Å²) in [5.41, 5.74) is 0. The number of quaternary nitrogens is 1. The van der Waals surface area contributed by atoms with Crippen LogP contribution in [-0.4, -0.2) is 30.7 Å². The summed E-state index contributed by atoms with van der Waals surface area (Å²) in [6.07, 6.45) is 8.13. The van der Waals surface area contributed by atoms with Gasteiger partial charge < -0.3 is 4.48 Å². The van der Waals surface area contributed by atoms with Gasteiger partial charge in [-0.3, -0.25) is 0 Å². The molecule has 0 aromatic carbocycles. The van der Waals surface area contributed by atoms with Gasteiger partial charge in [-0.15, -0.1) is 0 Å². The smallest absolute Gasteiger partial charge is 0.0888 e. The van der Waals surface area contributed by atoms with Crippen molar-refractivity contribution in [3.63, 3.8) is 0 Å². The third-order valence-electron chi connectivity index (χ3n) is 3.59. The zero-order chi connectivity index (χ0) is 11.7. The first-order valence-electron chi connectivity index (χ1n) is 6.98. The Kier molecular flexibility index (Phi) is 8.13. The molecule has 0 aliphatic rings. The SMILES string of the molecule is CCCC(CCC)[N+](C)(CCC)CCC. The molecule has 15 heavy (non-hydrogen) atoms. The lowest BCUT2D eigenvalue weighted by Gasteiger charge is -2.42. The molecule has 0 spiro atoms. The zero-order valence-electron chi connectivity index (χ0n) is 11.7. The Balaban J connectivity index is 4.48. The Hall–Kier alpha value is -0.0400. The van der Waals surface area contributed by atoms with Crippen LogP contribution in [0.3, 0.4) is 0 Å². The van der Waals surface area contributed by atoms with Crippen molar-refractivity contribution in [3.05, 3.63) is 0 Å². The lowest BCUT2D eigenvalue weighted by atomic mass is 10.0. The van der Waals surface area contributed by atoms with Crippen molar-refractivity contribution in [1.82, 2.24) is 0 Å². The number of hydrogen-bond acceptors (Lipinski definition) is 0. The second-order valence-corrected chi connectivity index (χ2v) is 5.16. The van der Waals surface area contributed by atoms with E-state index in [-0.39, 0.29) is 0 Å². The summed E-state index contributed by atoms with van der Waals surface area (Å²) in [4.78, 5) is 0. The Morgan fingerprint density at radius 1 is 0.733 bits per heavy atom. The minimum atomic E-state index is 0.903. The molecule has 0 saturated carbocycles. The van der Waals surface area contributed by atoms with E-state index in [0.717, 1.165) is 6.04 Å². The third-order valence-corrected chi connectivity index (χ3v) is 3.59. The summed E-state index contributed by atoms with van der Waals surface area (Å²) in [5, 5.41) is 0. The molecule has 0 aromatic heterocycles. The average molecular weight is 214 g/mol. The summed E-state index contributed by atoms with van der Waals surface area (Å²) in [7, 11) is 2.48. The largest absolute Gasteiger partial charge is 0.324 e. The number of hydrogen-bond donors (Lipinski definition) is 0. The van der Waals surface area contributed by atoms with Gasteiger partial charge in [0, 0.05) is 0 Å². The molecule has 0 radical (unpaired) electrons. The lowest BCUT2D eigenvalue weighted by Crippen LogP contribution is -2.53. The van der Waals surface area contributed by atoms with Crippen LogP contribution in [0.25, 0.3) is 0 Å². The van der Waals surface area contributed by atoms with E-state index in [0.29, 0.717) is 0 Å². The third kappa shape index (κ3) is 5.01. The highest BCUT2D eigenvalue weighted by molar-refractivity contribution is 4.59. The van der Waals surface area contributed by atoms with E-state index >= 15 is 0 Å². The summed E-state index contributed by atoms with van der Waals surface area (Å²) in [6, 6.07) is 0.903. The molecule has 0 heterocycles. The van der Waals surface area contributed by atoms with E-state index in [9.17, 15) is 0 Å². The predicted octanol–water partition coefficient (Wildman–Crippen LogP) is 4.22. The minimum absolute atomic E-state index is 0.903. The average Bonchev–Trinajstić information content (AvgIpc) is 2.18. The van der Waals surface area contributed by atoms with E-state index < -0.39 is 0 Å². The van der Waals surface area contributed by atoms with E-state index in [1.165, 1.54) is 56.1 Å². The van der Waals surface area contributed by atoms with Gasteiger partial charge >= 0.3 is 0 Å². The molecule has 0 saturated heterocycles. The van der Waals surface area contributed by atoms with Gasteiger partial charge in [0.05, 0.1) is 26.2 Å². The maximum Gasteiger partial charge on any atom is 0.0888 e. The van der Waals surface area contributed by atoms with Crippen LogP contribution in [-0.2, 0) is 0 Å². The Morgan fingerprint density at radius 3 is 1.40 bits per heavy atom. The van der Waals surface area contributed by atoms with Gasteiger partial charge in [-0.25, -0.2) is 0 Å². The monoisotopic (exact) mass is 214 g/mol. The normalized spacial score (nSPS) is 12.4. The van der Waals surface area contributed by atoms with Crippen LogP contribution in [0, 0.1) is 0 Å². The highest BCUT2D eigenvalue weighted by atomic mass is 15.3. The van der Waals surface area contributed by atoms with Crippen molar-refractivity contribution >= 4 is 0 Å². The van der Waals surface area contributed by atoms with E-state index in [1.807, 2.05) is 0 Å². The molecular weight excluding hydrogens is 182 g/mol. The minimum Gasteiger partial charge on any atom is -0.324 e. The first-order valence-corrected chi connectivity index (χ1v) is 6.98. The molecular formula is C14H32N+. The van der Waals surface area contributed by atoms with Crippen molar-refractivity contribution in [2.24, 2.45) is 0 Å². The standard InChI is InChI=1S/C14H32N/c1-6-10-14(11-7-2)15(5,12-8-3)13-9-4/h14H,6-13H2,1-5H3/q+1. The van der Waals surface area contributed by atoms with E-state index in [1.54, 1.807) is 0 Å². The van der Waals surface area contributed by atoms with Crippen molar-refractivity contribution in [1.29, 1.82) is 0 Å². The van der Waals surface area contributed by atoms with Crippen LogP contribution >= 0.6 is 0 Å². The number of rotatable bonds is 9. The van der Waals surface area contributed by atoms with Crippen molar-refractivity contribution in [2.45, 2.75) is 72.3 Å². The molecule has 0 unspecified atom stereocenters. The molecule has 0 bridgehead atoms. The van der Waals surface area contributed by atoms with E-state index in [4.69, 9.17) is 0 Å². The van der Waals surface area contributed by atoms with Gasteiger partial charge in [0.25, 0.3) is 0 Å². The van der Waals surface area contributed by atoms with E-state index in [2.05, 4.69) is 34.7 Å². The maximum atomic E-state index is 2.48. The topological polar surface area (TPSA) is 0 Å². The first-order chi connectivity index (χ1) is 7.14. The molecule has 1 heteroatoms. The van der Waals surface area contributed by atoms with Crippen LogP contribution in [0.2, 0.25) is 0 Å². The summed E-state index contributed by atoms with van der Waals surface area (Å²) >= 11 is 0. The molecule has 0 aliphatic carbocycles. The summed E-state index contributed by atoms with van der Waals surface area (Å²) < 4.78 is 1.31. The molecule has 92 valence electrons. The molecule has 0 aromatic rings. The highest BCUT2D eigenvalue weighted by Crippen LogP contribution is 2.21. The van der Waals surface area contributed by atoms with Crippen molar-refractivity contribution in [2.75, 3.05) is 20.1 Å². The molecule has 1 nitrogen and oxygen atoms in total. The summed E-state index contributed by atoms with van der Waals surface area (Å²) in [6.45, 7) is 12.0. The molecule has 0 atom stereocenters. The Bertz CT molecular complexity index is 130. The van der Waals surface area contributed by atoms with Gasteiger partial charge in [0.1, 0.15) is 0 Å². The van der Waals surface area contributed by atoms with Gasteiger partial charge in [-0.2, -0.15) is 0 Å². The van der Waals surface area contributed by atoms with Gasteiger partial charge in [-0.05, 0) is 25.7 Å². The van der Waals surface area contributed by atoms with Crippen LogP contribution < -0.4 is 0 Å². The van der Waals surface area contributed by atoms with Gasteiger partial charge in [0.2, 0.25) is 0 Å². The highest BCUT2D eigenvalue weighted by Gasteiger charge is 2.29. The zero-order valence-corrected chi connectivity index (χ0v) is 11.7. The second kappa shape index (κ2) is 8.15. The van der Waals surface area contributed by atoms with Crippen molar-refractivity contribution < 1.29 is 4.48 Å². The van der Waals surface area contributed by atoms with Crippen LogP contribution in [0.15, 0.2) is 0 Å². The molecule has 0 fully saturated rings. The Labute approximate surface area is 97.5 Å². The molecule has 0 N–H and O–H groups in total. The van der Waals surface area contributed by atoms with Crippen LogP contribution in [0.4, 0.5) is 0 Å². The molecule has 0 amide bonds. The second-order valence-electron chi connectivity index (χ2n) is 5.16. The molecule has 0 rings (SSSR count). The van der Waals surface area contributed by atoms with Gasteiger partial charge in [-0.1, -0.05) is 40.5 Å².